The van der Waals surface area contributed by atoms with Gasteiger partial charge in [0.15, 0.2) is 12.2 Å². The van der Waals surface area contributed by atoms with E-state index in [0.29, 0.717) is 0 Å². The number of quaternary nitrogens is 1. The van der Waals surface area contributed by atoms with Crippen molar-refractivity contribution in [3.63, 3.8) is 0 Å². The van der Waals surface area contributed by atoms with Crippen molar-refractivity contribution >= 4 is 0 Å². The lowest BCUT2D eigenvalue weighted by atomic mass is 9.96. The predicted octanol–water partition coefficient (Wildman–Crippen LogP) is -1.45. The van der Waals surface area contributed by atoms with Crippen molar-refractivity contribution in [2.24, 2.45) is 0 Å². The third-order valence-corrected chi connectivity index (χ3v) is 2.39. The minimum absolute atomic E-state index is 0.0856. The molecule has 2 fully saturated rings. The first-order valence-electron chi connectivity index (χ1n) is 3.41. The zero-order valence-corrected chi connectivity index (χ0v) is 5.32. The number of hydrogen-bond acceptors (Lipinski definition) is 2. The number of rotatable bonds is 0. The summed E-state index contributed by atoms with van der Waals surface area (Å²) in [7, 11) is 0. The Kier molecular flexibility index (Phi) is 0.928. The van der Waals surface area contributed by atoms with E-state index in [2.05, 4.69) is 0 Å². The van der Waals surface area contributed by atoms with Gasteiger partial charge in [-0.05, 0) is 0 Å². The Morgan fingerprint density at radius 2 is 1.22 bits per heavy atom. The van der Waals surface area contributed by atoms with E-state index in [4.69, 9.17) is 10.2 Å². The van der Waals surface area contributed by atoms with Crippen LogP contribution in [0, 0.1) is 0 Å². The summed E-state index contributed by atoms with van der Waals surface area (Å²) in [5.41, 5.74) is 0. The number of nitrogens with zero attached hydrogens (tertiary/aromatic N) is 1. The fourth-order valence-corrected chi connectivity index (χ4v) is 1.98. The van der Waals surface area contributed by atoms with E-state index in [1.165, 1.54) is 0 Å². The van der Waals surface area contributed by atoms with Crippen LogP contribution in [0.3, 0.4) is 0 Å². The first kappa shape index (κ1) is 5.65. The summed E-state index contributed by atoms with van der Waals surface area (Å²) in [5, 5.41) is 17.9. The average molecular weight is 130 g/mol. The molecule has 3 heteroatoms. The summed E-state index contributed by atoms with van der Waals surface area (Å²) >= 11 is 0. The predicted molar refractivity (Wildman–Crippen MR) is 31.7 cm³/mol. The van der Waals surface area contributed by atoms with E-state index in [9.17, 15) is 0 Å². The lowest BCUT2D eigenvalue weighted by Crippen LogP contribution is -2.77. The zero-order chi connectivity index (χ0) is 6.48. The molecule has 2 aliphatic heterocycles. The SMILES string of the molecule is OC1C[N+]2(C1)CC(O)C2. The highest BCUT2D eigenvalue weighted by Gasteiger charge is 2.52. The van der Waals surface area contributed by atoms with Crippen molar-refractivity contribution in [1.82, 2.24) is 0 Å². The minimum Gasteiger partial charge on any atom is -0.382 e. The summed E-state index contributed by atoms with van der Waals surface area (Å²) in [6.45, 7) is 3.49. The number of aliphatic hydroxyl groups is 2. The molecule has 0 aromatic rings. The van der Waals surface area contributed by atoms with Crippen molar-refractivity contribution in [3.05, 3.63) is 0 Å². The van der Waals surface area contributed by atoms with Crippen LogP contribution in [0.15, 0.2) is 0 Å². The highest BCUT2D eigenvalue weighted by atomic mass is 16.3. The van der Waals surface area contributed by atoms with Gasteiger partial charge in [0.05, 0.1) is 0 Å². The molecule has 2 N–H and O–H groups in total. The second-order valence-corrected chi connectivity index (χ2v) is 3.38. The van der Waals surface area contributed by atoms with Crippen LogP contribution in [-0.4, -0.2) is 53.1 Å². The standard InChI is InChI=1S/C6H12NO2/c8-5-1-7(2-5)3-6(9)4-7/h5-6,8-9H,1-4H2/q+1. The van der Waals surface area contributed by atoms with Crippen LogP contribution in [0.1, 0.15) is 0 Å². The molecule has 0 amide bonds. The molecule has 2 rings (SSSR count). The Bertz CT molecular complexity index is 106. The van der Waals surface area contributed by atoms with E-state index < -0.39 is 0 Å². The topological polar surface area (TPSA) is 40.5 Å². The fraction of sp³-hybridized carbons (Fsp3) is 1.00. The monoisotopic (exact) mass is 130 g/mol. The normalized spacial score (nSPS) is 56.7. The summed E-state index contributed by atoms with van der Waals surface area (Å²) < 4.78 is 0.975. The van der Waals surface area contributed by atoms with Gasteiger partial charge < -0.3 is 14.7 Å². The molecule has 52 valence electrons. The first-order chi connectivity index (χ1) is 4.20. The largest absolute Gasteiger partial charge is 0.382 e. The number of hydrogen-bond donors (Lipinski definition) is 2. The molecule has 3 nitrogen and oxygen atoms in total. The van der Waals surface area contributed by atoms with Crippen molar-refractivity contribution in [1.29, 1.82) is 0 Å². The lowest BCUT2D eigenvalue weighted by Gasteiger charge is -2.56. The van der Waals surface area contributed by atoms with E-state index in [0.717, 1.165) is 30.7 Å². The molecule has 2 saturated heterocycles. The van der Waals surface area contributed by atoms with Gasteiger partial charge in [0.1, 0.15) is 26.2 Å². The van der Waals surface area contributed by atoms with Crippen molar-refractivity contribution in [2.45, 2.75) is 12.2 Å². The summed E-state index contributed by atoms with van der Waals surface area (Å²) in [5.74, 6) is 0. The van der Waals surface area contributed by atoms with Crippen LogP contribution in [-0.2, 0) is 0 Å². The van der Waals surface area contributed by atoms with E-state index in [1.807, 2.05) is 0 Å². The van der Waals surface area contributed by atoms with Crippen LogP contribution >= 0.6 is 0 Å². The molecule has 0 saturated carbocycles. The average Bonchev–Trinajstić information content (AvgIpc) is 1.58. The molecule has 1 spiro atoms. The maximum absolute atomic E-state index is 8.94. The van der Waals surface area contributed by atoms with Gasteiger partial charge in [0, 0.05) is 0 Å². The maximum atomic E-state index is 8.94. The highest BCUT2D eigenvalue weighted by molar-refractivity contribution is 4.77. The molecule has 0 aromatic heterocycles. The fourth-order valence-electron chi connectivity index (χ4n) is 1.98. The lowest BCUT2D eigenvalue weighted by molar-refractivity contribution is -1.01. The van der Waals surface area contributed by atoms with Crippen LogP contribution in [0.5, 0.6) is 0 Å². The molecule has 2 heterocycles. The van der Waals surface area contributed by atoms with Crippen LogP contribution in [0.4, 0.5) is 0 Å². The van der Waals surface area contributed by atoms with Gasteiger partial charge >= 0.3 is 0 Å². The Hall–Kier alpha value is -0.120. The molecular formula is C6H12NO2+. The van der Waals surface area contributed by atoms with Crippen LogP contribution < -0.4 is 0 Å². The van der Waals surface area contributed by atoms with Crippen LogP contribution in [0.25, 0.3) is 0 Å². The summed E-state index contributed by atoms with van der Waals surface area (Å²) in [6.07, 6.45) is -0.171. The molecule has 0 radical (unpaired) electrons. The Morgan fingerprint density at radius 1 is 0.889 bits per heavy atom. The Morgan fingerprint density at radius 3 is 1.44 bits per heavy atom. The molecular weight excluding hydrogens is 118 g/mol. The first-order valence-corrected chi connectivity index (χ1v) is 3.41. The van der Waals surface area contributed by atoms with Crippen molar-refractivity contribution in [2.75, 3.05) is 26.2 Å². The van der Waals surface area contributed by atoms with Crippen molar-refractivity contribution in [3.8, 4) is 0 Å². The van der Waals surface area contributed by atoms with Gasteiger partial charge in [-0.15, -0.1) is 0 Å². The van der Waals surface area contributed by atoms with E-state index in [-0.39, 0.29) is 12.2 Å². The van der Waals surface area contributed by atoms with E-state index >= 15 is 0 Å². The van der Waals surface area contributed by atoms with Gasteiger partial charge in [-0.2, -0.15) is 0 Å². The second kappa shape index (κ2) is 1.48. The second-order valence-electron chi connectivity index (χ2n) is 3.38. The maximum Gasteiger partial charge on any atom is 0.152 e. The van der Waals surface area contributed by atoms with Gasteiger partial charge in [-0.25, -0.2) is 0 Å². The van der Waals surface area contributed by atoms with Gasteiger partial charge in [-0.3, -0.25) is 0 Å². The Labute approximate surface area is 54.1 Å². The van der Waals surface area contributed by atoms with E-state index in [1.54, 1.807) is 0 Å². The third kappa shape index (κ3) is 0.689. The minimum atomic E-state index is -0.0856. The van der Waals surface area contributed by atoms with Gasteiger partial charge in [-0.1, -0.05) is 0 Å². The molecule has 0 unspecified atom stereocenters. The molecule has 0 atom stereocenters. The highest BCUT2D eigenvalue weighted by Crippen LogP contribution is 2.28. The van der Waals surface area contributed by atoms with Crippen LogP contribution in [0.2, 0.25) is 0 Å². The molecule has 0 aromatic carbocycles. The number of aliphatic hydroxyl groups excluding tert-OH is 2. The molecule has 2 aliphatic rings. The summed E-state index contributed by atoms with van der Waals surface area (Å²) in [6, 6.07) is 0. The Balaban J connectivity index is 1.87. The molecule has 9 heavy (non-hydrogen) atoms. The van der Waals surface area contributed by atoms with Gasteiger partial charge in [0.25, 0.3) is 0 Å². The zero-order valence-electron chi connectivity index (χ0n) is 5.32. The quantitative estimate of drug-likeness (QED) is 0.394. The smallest absolute Gasteiger partial charge is 0.152 e. The molecule has 0 aliphatic carbocycles. The molecule has 0 bridgehead atoms. The third-order valence-electron chi connectivity index (χ3n) is 2.39. The van der Waals surface area contributed by atoms with Gasteiger partial charge in [0.2, 0.25) is 0 Å². The van der Waals surface area contributed by atoms with Crippen molar-refractivity contribution < 1.29 is 14.7 Å². The summed E-state index contributed by atoms with van der Waals surface area (Å²) in [4.78, 5) is 0.